The van der Waals surface area contributed by atoms with Gasteiger partial charge in [0.05, 0.1) is 18.6 Å². The van der Waals surface area contributed by atoms with Gasteiger partial charge in [-0.2, -0.15) is 13.2 Å². The maximum absolute atomic E-state index is 12.6. The highest BCUT2D eigenvalue weighted by Crippen LogP contribution is 2.33. The molecule has 0 aliphatic carbocycles. The van der Waals surface area contributed by atoms with Crippen LogP contribution in [0.5, 0.6) is 0 Å². The zero-order chi connectivity index (χ0) is 16.0. The van der Waals surface area contributed by atoms with Crippen molar-refractivity contribution in [3.8, 4) is 0 Å². The molecule has 0 radical (unpaired) electrons. The van der Waals surface area contributed by atoms with Crippen LogP contribution in [0, 0.1) is 0 Å². The summed E-state index contributed by atoms with van der Waals surface area (Å²) >= 11 is 5.58. The third kappa shape index (κ3) is 6.03. The van der Waals surface area contributed by atoms with Crippen LogP contribution in [-0.2, 0) is 20.5 Å². The zero-order valence-electron chi connectivity index (χ0n) is 11.1. The molecule has 0 fully saturated rings. The van der Waals surface area contributed by atoms with E-state index in [-0.39, 0.29) is 30.2 Å². The summed E-state index contributed by atoms with van der Waals surface area (Å²) < 4.78 is 42.4. The van der Waals surface area contributed by atoms with Crippen LogP contribution in [0.4, 0.5) is 18.9 Å². The molecule has 21 heavy (non-hydrogen) atoms. The Bertz CT molecular complexity index is 532. The third-order valence-electron chi connectivity index (χ3n) is 2.37. The molecule has 116 valence electrons. The van der Waals surface area contributed by atoms with Crippen LogP contribution in [0.1, 0.15) is 25.3 Å². The number of ether oxygens (including phenoxy) is 1. The van der Waals surface area contributed by atoms with E-state index < -0.39 is 23.6 Å². The number of hydrogen-bond donors (Lipinski definition) is 1. The first-order valence-electron chi connectivity index (χ1n) is 6.05. The number of halogens is 4. The molecule has 0 saturated heterocycles. The number of anilines is 1. The summed E-state index contributed by atoms with van der Waals surface area (Å²) in [5.74, 6) is -1.15. The molecular weight excluding hydrogens is 311 g/mol. The van der Waals surface area contributed by atoms with Crippen molar-refractivity contribution in [2.75, 3.05) is 11.9 Å². The van der Waals surface area contributed by atoms with Crippen molar-refractivity contribution >= 4 is 29.2 Å². The molecule has 1 rings (SSSR count). The highest BCUT2D eigenvalue weighted by Gasteiger charge is 2.31. The first kappa shape index (κ1) is 17.3. The molecule has 0 spiro atoms. The minimum atomic E-state index is -4.56. The molecule has 0 aromatic heterocycles. The summed E-state index contributed by atoms with van der Waals surface area (Å²) in [6.07, 6.45) is -4.89. The zero-order valence-corrected chi connectivity index (χ0v) is 11.8. The van der Waals surface area contributed by atoms with Crippen LogP contribution in [0.3, 0.4) is 0 Å². The molecule has 0 aliphatic heterocycles. The number of carbonyl (C=O) groups is 2. The van der Waals surface area contributed by atoms with Gasteiger partial charge in [-0.1, -0.05) is 11.6 Å². The van der Waals surface area contributed by atoms with Gasteiger partial charge in [-0.15, -0.1) is 0 Å². The van der Waals surface area contributed by atoms with Gasteiger partial charge in [0.2, 0.25) is 5.91 Å². The van der Waals surface area contributed by atoms with Crippen LogP contribution in [0.25, 0.3) is 0 Å². The molecule has 0 bridgehead atoms. The lowest BCUT2D eigenvalue weighted by molar-refractivity contribution is -0.144. The highest BCUT2D eigenvalue weighted by molar-refractivity contribution is 6.31. The van der Waals surface area contributed by atoms with Gasteiger partial charge < -0.3 is 10.1 Å². The van der Waals surface area contributed by atoms with E-state index >= 15 is 0 Å². The van der Waals surface area contributed by atoms with Crippen LogP contribution in [0.2, 0.25) is 5.02 Å². The van der Waals surface area contributed by atoms with Crippen LogP contribution in [-0.4, -0.2) is 18.5 Å². The van der Waals surface area contributed by atoms with Gasteiger partial charge in [-0.25, -0.2) is 0 Å². The molecule has 1 N–H and O–H groups in total. The molecule has 0 saturated carbocycles. The van der Waals surface area contributed by atoms with Gasteiger partial charge >= 0.3 is 12.1 Å². The Morgan fingerprint density at radius 2 is 1.90 bits per heavy atom. The molecule has 0 atom stereocenters. The van der Waals surface area contributed by atoms with Crippen LogP contribution in [0.15, 0.2) is 18.2 Å². The molecule has 0 unspecified atom stereocenters. The largest absolute Gasteiger partial charge is 0.466 e. The Kier molecular flexibility index (Phi) is 6.02. The summed E-state index contributed by atoms with van der Waals surface area (Å²) in [5.41, 5.74) is -1.04. The standard InChI is InChI=1S/C13H13ClF3NO3/c1-2-21-12(20)4-3-11(19)18-10-6-8(13(15,16)17)5-9(14)7-10/h5-7H,2-4H2,1H3,(H,18,19). The minimum Gasteiger partial charge on any atom is -0.466 e. The third-order valence-corrected chi connectivity index (χ3v) is 2.59. The predicted octanol–water partition coefficient (Wildman–Crippen LogP) is 3.64. The van der Waals surface area contributed by atoms with Crippen LogP contribution >= 0.6 is 11.6 Å². The monoisotopic (exact) mass is 323 g/mol. The highest BCUT2D eigenvalue weighted by atomic mass is 35.5. The number of carbonyl (C=O) groups excluding carboxylic acids is 2. The van der Waals surface area contributed by atoms with Crippen molar-refractivity contribution in [1.29, 1.82) is 0 Å². The summed E-state index contributed by atoms with van der Waals surface area (Å²) in [6.45, 7) is 1.83. The Labute approximate surface area is 124 Å². The fourth-order valence-corrected chi connectivity index (χ4v) is 1.73. The average molecular weight is 324 g/mol. The van der Waals surface area contributed by atoms with Crippen molar-refractivity contribution in [3.63, 3.8) is 0 Å². The first-order valence-corrected chi connectivity index (χ1v) is 6.43. The Balaban J connectivity index is 2.68. The molecule has 4 nitrogen and oxygen atoms in total. The molecule has 1 aromatic rings. The topological polar surface area (TPSA) is 55.4 Å². The predicted molar refractivity (Wildman–Crippen MR) is 71.0 cm³/mol. The number of rotatable bonds is 5. The maximum atomic E-state index is 12.6. The van der Waals surface area contributed by atoms with E-state index in [1.807, 2.05) is 0 Å². The van der Waals surface area contributed by atoms with E-state index in [2.05, 4.69) is 10.1 Å². The number of nitrogens with one attached hydrogen (secondary N) is 1. The second-order valence-corrected chi connectivity index (χ2v) is 4.52. The summed E-state index contributed by atoms with van der Waals surface area (Å²) in [7, 11) is 0. The number of alkyl halides is 3. The Morgan fingerprint density at radius 1 is 1.24 bits per heavy atom. The van der Waals surface area contributed by atoms with E-state index in [1.54, 1.807) is 6.92 Å². The quantitative estimate of drug-likeness (QED) is 0.842. The smallest absolute Gasteiger partial charge is 0.416 e. The van der Waals surface area contributed by atoms with E-state index in [9.17, 15) is 22.8 Å². The number of hydrogen-bond acceptors (Lipinski definition) is 3. The summed E-state index contributed by atoms with van der Waals surface area (Å²) in [6, 6.07) is 2.73. The first-order chi connectivity index (χ1) is 9.72. The SMILES string of the molecule is CCOC(=O)CCC(=O)Nc1cc(Cl)cc(C(F)(F)F)c1. The van der Waals surface area contributed by atoms with Gasteiger partial charge in [0.15, 0.2) is 0 Å². The van der Waals surface area contributed by atoms with Crippen LogP contribution < -0.4 is 5.32 Å². The lowest BCUT2D eigenvalue weighted by Gasteiger charge is -2.11. The fourth-order valence-electron chi connectivity index (χ4n) is 1.50. The lowest BCUT2D eigenvalue weighted by Crippen LogP contribution is -2.15. The minimum absolute atomic E-state index is 0.0799. The number of amides is 1. The average Bonchev–Trinajstić information content (AvgIpc) is 2.35. The van der Waals surface area contributed by atoms with E-state index in [0.717, 1.165) is 12.1 Å². The number of esters is 1. The Hall–Kier alpha value is -1.76. The number of benzene rings is 1. The summed E-state index contributed by atoms with van der Waals surface area (Å²) in [4.78, 5) is 22.6. The maximum Gasteiger partial charge on any atom is 0.416 e. The van der Waals surface area contributed by atoms with E-state index in [4.69, 9.17) is 11.6 Å². The molecule has 0 aliphatic rings. The van der Waals surface area contributed by atoms with Gasteiger partial charge in [0.25, 0.3) is 0 Å². The molecule has 0 heterocycles. The van der Waals surface area contributed by atoms with Gasteiger partial charge in [0.1, 0.15) is 0 Å². The fraction of sp³-hybridized carbons (Fsp3) is 0.385. The normalized spacial score (nSPS) is 11.1. The Morgan fingerprint density at radius 3 is 2.48 bits per heavy atom. The van der Waals surface area contributed by atoms with E-state index in [1.165, 1.54) is 6.07 Å². The lowest BCUT2D eigenvalue weighted by atomic mass is 10.2. The molecule has 1 amide bonds. The van der Waals surface area contributed by atoms with Crippen molar-refractivity contribution in [1.82, 2.24) is 0 Å². The van der Waals surface area contributed by atoms with Crippen molar-refractivity contribution in [2.24, 2.45) is 0 Å². The van der Waals surface area contributed by atoms with Crippen molar-refractivity contribution in [2.45, 2.75) is 25.9 Å². The second kappa shape index (κ2) is 7.31. The van der Waals surface area contributed by atoms with E-state index in [0.29, 0.717) is 0 Å². The summed E-state index contributed by atoms with van der Waals surface area (Å²) in [5, 5.41) is 2.11. The molecule has 8 heteroatoms. The molecule has 1 aromatic carbocycles. The van der Waals surface area contributed by atoms with Gasteiger partial charge in [0, 0.05) is 17.1 Å². The van der Waals surface area contributed by atoms with Gasteiger partial charge in [-0.3, -0.25) is 9.59 Å². The molecular formula is C13H13ClF3NO3. The second-order valence-electron chi connectivity index (χ2n) is 4.08. The van der Waals surface area contributed by atoms with Crippen molar-refractivity contribution < 1.29 is 27.5 Å². The van der Waals surface area contributed by atoms with Crippen molar-refractivity contribution in [3.05, 3.63) is 28.8 Å². The van der Waals surface area contributed by atoms with Gasteiger partial charge in [-0.05, 0) is 25.1 Å².